The summed E-state index contributed by atoms with van der Waals surface area (Å²) < 4.78 is 0.795. The quantitative estimate of drug-likeness (QED) is 0.665. The molecule has 1 N–H and O–H groups in total. The van der Waals surface area contributed by atoms with Crippen molar-refractivity contribution in [2.45, 2.75) is 19.9 Å². The number of nitro benzene ring substituents is 1. The molecule has 7 heteroatoms. The van der Waals surface area contributed by atoms with E-state index in [1.54, 1.807) is 29.7 Å². The molecule has 0 radical (unpaired) electrons. The van der Waals surface area contributed by atoms with Crippen molar-refractivity contribution in [3.63, 3.8) is 0 Å². The van der Waals surface area contributed by atoms with Gasteiger partial charge >= 0.3 is 0 Å². The second kappa shape index (κ2) is 5.66. The van der Waals surface area contributed by atoms with Crippen molar-refractivity contribution in [1.29, 1.82) is 0 Å². The van der Waals surface area contributed by atoms with Gasteiger partial charge < -0.3 is 5.32 Å². The molecule has 0 aliphatic carbocycles. The molecule has 0 saturated heterocycles. The van der Waals surface area contributed by atoms with Crippen molar-refractivity contribution < 1.29 is 4.92 Å². The number of thiazole rings is 1. The summed E-state index contributed by atoms with van der Waals surface area (Å²) in [6.07, 6.45) is 1.80. The van der Waals surface area contributed by atoms with E-state index in [4.69, 9.17) is 0 Å². The predicted octanol–water partition coefficient (Wildman–Crippen LogP) is 4.30. The van der Waals surface area contributed by atoms with Crippen molar-refractivity contribution in [2.24, 2.45) is 0 Å². The summed E-state index contributed by atoms with van der Waals surface area (Å²) in [6, 6.07) is 4.76. The summed E-state index contributed by atoms with van der Waals surface area (Å²) in [6.45, 7) is 3.92. The molecule has 1 atom stereocenters. The first kappa shape index (κ1) is 14.0. The van der Waals surface area contributed by atoms with Gasteiger partial charge in [-0.2, -0.15) is 0 Å². The van der Waals surface area contributed by atoms with Crippen LogP contribution >= 0.6 is 27.3 Å². The maximum absolute atomic E-state index is 11.0. The van der Waals surface area contributed by atoms with Crippen molar-refractivity contribution in [3.8, 4) is 0 Å². The molecule has 0 aliphatic heterocycles. The zero-order valence-electron chi connectivity index (χ0n) is 10.4. The highest BCUT2D eigenvalue weighted by Gasteiger charge is 2.17. The van der Waals surface area contributed by atoms with Crippen LogP contribution in [0.2, 0.25) is 0 Å². The molecule has 19 heavy (non-hydrogen) atoms. The van der Waals surface area contributed by atoms with E-state index < -0.39 is 4.92 Å². The maximum atomic E-state index is 11.0. The minimum atomic E-state index is -0.394. The molecule has 0 fully saturated rings. The lowest BCUT2D eigenvalue weighted by Gasteiger charge is -2.13. The second-order valence-corrected chi connectivity index (χ2v) is 6.28. The average Bonchev–Trinajstić information content (AvgIpc) is 2.75. The van der Waals surface area contributed by atoms with Crippen LogP contribution in [0.5, 0.6) is 0 Å². The third-order valence-corrected chi connectivity index (χ3v) is 4.13. The molecular formula is C12H12BrN3O2S. The first-order valence-electron chi connectivity index (χ1n) is 5.60. The van der Waals surface area contributed by atoms with Crippen molar-refractivity contribution in [2.75, 3.05) is 5.32 Å². The summed E-state index contributed by atoms with van der Waals surface area (Å²) in [5, 5.41) is 15.0. The van der Waals surface area contributed by atoms with Gasteiger partial charge in [-0.1, -0.05) is 15.9 Å². The van der Waals surface area contributed by atoms with Gasteiger partial charge in [-0.3, -0.25) is 10.1 Å². The lowest BCUT2D eigenvalue weighted by molar-refractivity contribution is -0.384. The lowest BCUT2D eigenvalue weighted by atomic mass is 10.2. The van der Waals surface area contributed by atoms with Crippen LogP contribution in [-0.4, -0.2) is 9.91 Å². The van der Waals surface area contributed by atoms with Gasteiger partial charge in [0.25, 0.3) is 5.69 Å². The van der Waals surface area contributed by atoms with Crippen molar-refractivity contribution in [3.05, 3.63) is 48.9 Å². The number of hydrogen-bond donors (Lipinski definition) is 1. The fourth-order valence-corrected chi connectivity index (χ4v) is 2.79. The smallest absolute Gasteiger partial charge is 0.292 e. The Morgan fingerprint density at radius 3 is 2.84 bits per heavy atom. The maximum Gasteiger partial charge on any atom is 0.292 e. The number of nitro groups is 1. The zero-order valence-corrected chi connectivity index (χ0v) is 12.8. The van der Waals surface area contributed by atoms with Crippen LogP contribution in [0.25, 0.3) is 0 Å². The highest BCUT2D eigenvalue weighted by Crippen LogP contribution is 2.31. The number of aryl methyl sites for hydroxylation is 1. The van der Waals surface area contributed by atoms with E-state index in [9.17, 15) is 10.1 Å². The number of rotatable bonds is 4. The number of hydrogen-bond acceptors (Lipinski definition) is 5. The molecule has 5 nitrogen and oxygen atoms in total. The lowest BCUT2D eigenvalue weighted by Crippen LogP contribution is -2.08. The Balaban J connectivity index is 2.27. The Bertz CT molecular complexity index is 615. The molecule has 0 spiro atoms. The number of anilines is 1. The molecule has 2 rings (SSSR count). The van der Waals surface area contributed by atoms with Gasteiger partial charge in [-0.15, -0.1) is 11.3 Å². The first-order valence-corrected chi connectivity index (χ1v) is 7.21. The van der Waals surface area contributed by atoms with E-state index in [0.29, 0.717) is 5.69 Å². The van der Waals surface area contributed by atoms with Gasteiger partial charge in [0.2, 0.25) is 0 Å². The third-order valence-electron chi connectivity index (χ3n) is 2.54. The molecule has 1 aromatic carbocycles. The second-order valence-electron chi connectivity index (χ2n) is 4.09. The standard InChI is InChI=1S/C12H12BrN3O2S/c1-7-6-14-12(19-7)8(2)15-10-5-9(13)3-4-11(10)16(17)18/h3-6,8,15H,1-2H3. The van der Waals surface area contributed by atoms with Gasteiger partial charge in [-0.25, -0.2) is 4.98 Å². The normalized spacial score (nSPS) is 12.2. The van der Waals surface area contributed by atoms with E-state index in [1.165, 1.54) is 6.07 Å². The highest BCUT2D eigenvalue weighted by molar-refractivity contribution is 9.10. The Morgan fingerprint density at radius 2 is 2.26 bits per heavy atom. The van der Waals surface area contributed by atoms with E-state index in [2.05, 4.69) is 26.2 Å². The van der Waals surface area contributed by atoms with E-state index in [-0.39, 0.29) is 11.7 Å². The van der Waals surface area contributed by atoms with Crippen molar-refractivity contribution in [1.82, 2.24) is 4.98 Å². The van der Waals surface area contributed by atoms with Crippen molar-refractivity contribution >= 4 is 38.6 Å². The fraction of sp³-hybridized carbons (Fsp3) is 0.250. The third kappa shape index (κ3) is 3.30. The molecule has 100 valence electrons. The number of halogens is 1. The molecule has 0 aliphatic rings. The van der Waals surface area contributed by atoms with Gasteiger partial charge in [0.15, 0.2) is 0 Å². The minimum absolute atomic E-state index is 0.0586. The molecule has 1 unspecified atom stereocenters. The van der Waals surface area contributed by atoms with Crippen LogP contribution in [0.3, 0.4) is 0 Å². The summed E-state index contributed by atoms with van der Waals surface area (Å²) >= 11 is 4.90. The van der Waals surface area contributed by atoms with E-state index >= 15 is 0 Å². The van der Waals surface area contributed by atoms with E-state index in [0.717, 1.165) is 14.4 Å². The number of nitrogens with zero attached hydrogens (tertiary/aromatic N) is 2. The SMILES string of the molecule is Cc1cnc(C(C)Nc2cc(Br)ccc2[N+](=O)[O-])s1. The monoisotopic (exact) mass is 341 g/mol. The fourth-order valence-electron chi connectivity index (χ4n) is 1.65. The zero-order chi connectivity index (χ0) is 14.0. The Kier molecular flexibility index (Phi) is 4.16. The topological polar surface area (TPSA) is 68.1 Å². The number of aromatic nitrogens is 1. The molecule has 2 aromatic rings. The van der Waals surface area contributed by atoms with Gasteiger partial charge in [0, 0.05) is 21.6 Å². The van der Waals surface area contributed by atoms with Crippen LogP contribution in [0.1, 0.15) is 22.9 Å². The minimum Gasteiger partial charge on any atom is -0.370 e. The molecular weight excluding hydrogens is 330 g/mol. The van der Waals surface area contributed by atoms with Crippen LogP contribution in [0, 0.1) is 17.0 Å². The molecule has 1 aromatic heterocycles. The highest BCUT2D eigenvalue weighted by atomic mass is 79.9. The molecule has 0 saturated carbocycles. The summed E-state index contributed by atoms with van der Waals surface area (Å²) in [4.78, 5) is 16.0. The number of nitrogens with one attached hydrogen (secondary N) is 1. The van der Waals surface area contributed by atoms with Gasteiger partial charge in [-0.05, 0) is 26.0 Å². The summed E-state index contributed by atoms with van der Waals surface area (Å²) in [7, 11) is 0. The largest absolute Gasteiger partial charge is 0.370 e. The Labute approximate surface area is 123 Å². The van der Waals surface area contributed by atoms with Crippen LogP contribution in [-0.2, 0) is 0 Å². The molecule has 1 heterocycles. The number of benzene rings is 1. The van der Waals surface area contributed by atoms with Crippen LogP contribution in [0.15, 0.2) is 28.9 Å². The predicted molar refractivity (Wildman–Crippen MR) is 79.7 cm³/mol. The van der Waals surface area contributed by atoms with Gasteiger partial charge in [0.1, 0.15) is 10.7 Å². The summed E-state index contributed by atoms with van der Waals surface area (Å²) in [5.41, 5.74) is 0.544. The van der Waals surface area contributed by atoms with Crippen LogP contribution < -0.4 is 5.32 Å². The average molecular weight is 342 g/mol. The molecule has 0 amide bonds. The summed E-state index contributed by atoms with van der Waals surface area (Å²) in [5.74, 6) is 0. The Hall–Kier alpha value is -1.47. The molecule has 0 bridgehead atoms. The van der Waals surface area contributed by atoms with Gasteiger partial charge in [0.05, 0.1) is 11.0 Å². The Morgan fingerprint density at radius 1 is 1.53 bits per heavy atom. The first-order chi connectivity index (χ1) is 8.97. The van der Waals surface area contributed by atoms with Crippen LogP contribution in [0.4, 0.5) is 11.4 Å². The van der Waals surface area contributed by atoms with E-state index in [1.807, 2.05) is 13.8 Å².